The summed E-state index contributed by atoms with van der Waals surface area (Å²) in [6.45, 7) is 8.74. The fourth-order valence-electron chi connectivity index (χ4n) is 2.28. The SMILES string of the molecule is Cc1cccc(C(=O)N2CCNCC2C)c1C.Cl. The highest BCUT2D eigenvalue weighted by atomic mass is 35.5. The third kappa shape index (κ3) is 2.85. The van der Waals surface area contributed by atoms with E-state index in [9.17, 15) is 4.79 Å². The van der Waals surface area contributed by atoms with Crippen molar-refractivity contribution in [3.05, 3.63) is 34.9 Å². The van der Waals surface area contributed by atoms with Crippen molar-refractivity contribution in [3.63, 3.8) is 0 Å². The molecule has 1 amide bonds. The van der Waals surface area contributed by atoms with Crippen LogP contribution in [0.3, 0.4) is 0 Å². The molecule has 1 aliphatic heterocycles. The van der Waals surface area contributed by atoms with Crippen molar-refractivity contribution < 1.29 is 4.79 Å². The van der Waals surface area contributed by atoms with Gasteiger partial charge in [-0.05, 0) is 38.0 Å². The molecule has 1 N–H and O–H groups in total. The Labute approximate surface area is 115 Å². The number of carbonyl (C=O) groups is 1. The zero-order valence-corrected chi connectivity index (χ0v) is 12.0. The van der Waals surface area contributed by atoms with E-state index in [-0.39, 0.29) is 24.4 Å². The lowest BCUT2D eigenvalue weighted by Crippen LogP contribution is -2.52. The predicted molar refractivity (Wildman–Crippen MR) is 76.5 cm³/mol. The molecule has 1 aromatic carbocycles. The first-order chi connectivity index (χ1) is 8.11. The molecule has 0 radical (unpaired) electrons. The van der Waals surface area contributed by atoms with Crippen LogP contribution in [0.15, 0.2) is 18.2 Å². The summed E-state index contributed by atoms with van der Waals surface area (Å²) in [7, 11) is 0. The fraction of sp³-hybridized carbons (Fsp3) is 0.500. The quantitative estimate of drug-likeness (QED) is 0.847. The smallest absolute Gasteiger partial charge is 0.254 e. The Hall–Kier alpha value is -1.06. The first-order valence-electron chi connectivity index (χ1n) is 6.19. The van der Waals surface area contributed by atoms with Gasteiger partial charge in [0.2, 0.25) is 0 Å². The van der Waals surface area contributed by atoms with Crippen LogP contribution in [0.1, 0.15) is 28.4 Å². The summed E-state index contributed by atoms with van der Waals surface area (Å²) in [6.07, 6.45) is 0. The standard InChI is InChI=1S/C14H20N2O.ClH/c1-10-5-4-6-13(12(10)3)14(17)16-8-7-15-9-11(16)2;/h4-6,11,15H,7-9H2,1-3H3;1H. The summed E-state index contributed by atoms with van der Waals surface area (Å²) < 4.78 is 0. The molecule has 4 heteroatoms. The van der Waals surface area contributed by atoms with Crippen LogP contribution in [-0.4, -0.2) is 36.5 Å². The van der Waals surface area contributed by atoms with Gasteiger partial charge in [0, 0.05) is 31.2 Å². The highest BCUT2D eigenvalue weighted by Gasteiger charge is 2.24. The molecule has 0 aliphatic carbocycles. The number of carbonyl (C=O) groups excluding carboxylic acids is 1. The number of halogens is 1. The topological polar surface area (TPSA) is 32.3 Å². The Morgan fingerprint density at radius 3 is 2.78 bits per heavy atom. The Bertz CT molecular complexity index is 434. The van der Waals surface area contributed by atoms with Gasteiger partial charge in [0.25, 0.3) is 5.91 Å². The molecule has 2 rings (SSSR count). The van der Waals surface area contributed by atoms with Gasteiger partial charge in [0.1, 0.15) is 0 Å². The molecule has 0 aromatic heterocycles. The van der Waals surface area contributed by atoms with Gasteiger partial charge in [-0.1, -0.05) is 12.1 Å². The highest BCUT2D eigenvalue weighted by Crippen LogP contribution is 2.17. The van der Waals surface area contributed by atoms with Gasteiger partial charge in [0.05, 0.1) is 0 Å². The van der Waals surface area contributed by atoms with Gasteiger partial charge in [0.15, 0.2) is 0 Å². The Morgan fingerprint density at radius 1 is 1.39 bits per heavy atom. The van der Waals surface area contributed by atoms with E-state index < -0.39 is 0 Å². The molecule has 0 spiro atoms. The summed E-state index contributed by atoms with van der Waals surface area (Å²) in [5.41, 5.74) is 3.13. The van der Waals surface area contributed by atoms with Crippen LogP contribution < -0.4 is 5.32 Å². The van der Waals surface area contributed by atoms with Crippen molar-refractivity contribution >= 4 is 18.3 Å². The van der Waals surface area contributed by atoms with E-state index in [1.54, 1.807) is 0 Å². The lowest BCUT2D eigenvalue weighted by Gasteiger charge is -2.34. The average Bonchev–Trinajstić information content (AvgIpc) is 2.32. The van der Waals surface area contributed by atoms with Crippen LogP contribution in [0.25, 0.3) is 0 Å². The molecule has 1 aliphatic rings. The lowest BCUT2D eigenvalue weighted by atomic mass is 10.0. The van der Waals surface area contributed by atoms with Crippen molar-refractivity contribution in [2.24, 2.45) is 0 Å². The Morgan fingerprint density at radius 2 is 2.11 bits per heavy atom. The normalized spacial score (nSPS) is 19.3. The minimum Gasteiger partial charge on any atom is -0.333 e. The number of hydrogen-bond donors (Lipinski definition) is 1. The molecule has 3 nitrogen and oxygen atoms in total. The molecule has 1 aromatic rings. The van der Waals surface area contributed by atoms with E-state index in [0.717, 1.165) is 30.8 Å². The first-order valence-corrected chi connectivity index (χ1v) is 6.19. The van der Waals surface area contributed by atoms with E-state index in [4.69, 9.17) is 0 Å². The van der Waals surface area contributed by atoms with Crippen molar-refractivity contribution in [2.45, 2.75) is 26.8 Å². The Kier molecular flexibility index (Phi) is 5.17. The molecule has 0 saturated carbocycles. The van der Waals surface area contributed by atoms with Gasteiger partial charge >= 0.3 is 0 Å². The highest BCUT2D eigenvalue weighted by molar-refractivity contribution is 5.96. The summed E-state index contributed by atoms with van der Waals surface area (Å²) >= 11 is 0. The number of amides is 1. The average molecular weight is 269 g/mol. The number of nitrogens with one attached hydrogen (secondary N) is 1. The van der Waals surface area contributed by atoms with E-state index in [1.807, 2.05) is 36.9 Å². The minimum atomic E-state index is 0. The third-order valence-electron chi connectivity index (χ3n) is 3.60. The van der Waals surface area contributed by atoms with Gasteiger partial charge in [-0.3, -0.25) is 4.79 Å². The van der Waals surface area contributed by atoms with Gasteiger partial charge < -0.3 is 10.2 Å². The van der Waals surface area contributed by atoms with E-state index in [2.05, 4.69) is 12.2 Å². The van der Waals surface area contributed by atoms with E-state index >= 15 is 0 Å². The maximum Gasteiger partial charge on any atom is 0.254 e. The van der Waals surface area contributed by atoms with Crippen LogP contribution in [0.4, 0.5) is 0 Å². The number of aryl methyl sites for hydroxylation is 1. The summed E-state index contributed by atoms with van der Waals surface area (Å²) in [6, 6.07) is 6.21. The monoisotopic (exact) mass is 268 g/mol. The zero-order chi connectivity index (χ0) is 12.4. The van der Waals surface area contributed by atoms with Crippen molar-refractivity contribution in [1.82, 2.24) is 10.2 Å². The molecular formula is C14H21ClN2O. The maximum atomic E-state index is 12.5. The molecule has 0 bridgehead atoms. The van der Waals surface area contributed by atoms with Gasteiger partial charge in [-0.25, -0.2) is 0 Å². The number of benzene rings is 1. The summed E-state index contributed by atoms with van der Waals surface area (Å²) in [5.74, 6) is 0.167. The van der Waals surface area contributed by atoms with E-state index in [1.165, 1.54) is 5.56 Å². The largest absolute Gasteiger partial charge is 0.333 e. The zero-order valence-electron chi connectivity index (χ0n) is 11.2. The second kappa shape index (κ2) is 6.21. The van der Waals surface area contributed by atoms with Crippen LogP contribution in [0.5, 0.6) is 0 Å². The second-order valence-electron chi connectivity index (χ2n) is 4.80. The molecule has 1 heterocycles. The van der Waals surface area contributed by atoms with Gasteiger partial charge in [-0.2, -0.15) is 0 Å². The van der Waals surface area contributed by atoms with Crippen LogP contribution in [0.2, 0.25) is 0 Å². The van der Waals surface area contributed by atoms with Crippen molar-refractivity contribution in [3.8, 4) is 0 Å². The maximum absolute atomic E-state index is 12.5. The molecule has 1 fully saturated rings. The molecular weight excluding hydrogens is 248 g/mol. The summed E-state index contributed by atoms with van der Waals surface area (Å²) in [5, 5.41) is 3.30. The van der Waals surface area contributed by atoms with Gasteiger partial charge in [-0.15, -0.1) is 12.4 Å². The molecule has 18 heavy (non-hydrogen) atoms. The van der Waals surface area contributed by atoms with Crippen LogP contribution in [-0.2, 0) is 0 Å². The van der Waals surface area contributed by atoms with Crippen molar-refractivity contribution in [2.75, 3.05) is 19.6 Å². The molecule has 1 unspecified atom stereocenters. The summed E-state index contributed by atoms with van der Waals surface area (Å²) in [4.78, 5) is 14.5. The lowest BCUT2D eigenvalue weighted by molar-refractivity contribution is 0.0655. The van der Waals surface area contributed by atoms with Crippen molar-refractivity contribution in [1.29, 1.82) is 0 Å². The molecule has 1 atom stereocenters. The Balaban J connectivity index is 0.00000162. The number of nitrogens with zero attached hydrogens (tertiary/aromatic N) is 1. The fourth-order valence-corrected chi connectivity index (χ4v) is 2.28. The number of rotatable bonds is 1. The molecule has 100 valence electrons. The predicted octanol–water partition coefficient (Wildman–Crippen LogP) is 2.16. The van der Waals surface area contributed by atoms with Crippen LogP contribution in [0, 0.1) is 13.8 Å². The first kappa shape index (κ1) is 15.0. The number of piperazine rings is 1. The third-order valence-corrected chi connectivity index (χ3v) is 3.60. The minimum absolute atomic E-state index is 0. The number of hydrogen-bond acceptors (Lipinski definition) is 2. The van der Waals surface area contributed by atoms with Crippen LogP contribution >= 0.6 is 12.4 Å². The molecule has 1 saturated heterocycles. The second-order valence-corrected chi connectivity index (χ2v) is 4.80. The van der Waals surface area contributed by atoms with E-state index in [0.29, 0.717) is 0 Å².